The summed E-state index contributed by atoms with van der Waals surface area (Å²) in [6.07, 6.45) is 2.65. The number of nitrogens with zero attached hydrogens (tertiary/aromatic N) is 2. The van der Waals surface area contributed by atoms with Crippen LogP contribution in [0.1, 0.15) is 70.8 Å². The molecular weight excluding hydrogens is 699 g/mol. The molecule has 2 heterocycles. The van der Waals surface area contributed by atoms with Crippen LogP contribution in [-0.4, -0.2) is 53.1 Å². The lowest BCUT2D eigenvalue weighted by Crippen LogP contribution is -2.34. The number of benzene rings is 2. The Labute approximate surface area is 285 Å². The number of aromatic nitrogens is 2. The van der Waals surface area contributed by atoms with E-state index in [0.717, 1.165) is 75.6 Å². The highest BCUT2D eigenvalue weighted by Crippen LogP contribution is 2.29. The van der Waals surface area contributed by atoms with Crippen LogP contribution in [0.15, 0.2) is 45.2 Å². The van der Waals surface area contributed by atoms with E-state index >= 15 is 0 Å². The minimum Gasteiger partial charge on any atom is -0.479 e. The Morgan fingerprint density at radius 3 is 1.87 bits per heavy atom. The zero-order valence-electron chi connectivity index (χ0n) is 27.8. The number of ether oxygens (including phenoxy) is 3. The third-order valence-electron chi connectivity index (χ3n) is 8.21. The minimum atomic E-state index is -1.01. The van der Waals surface area contributed by atoms with E-state index in [1.165, 1.54) is 23.8 Å². The number of aryl methyl sites for hydroxylation is 6. The van der Waals surface area contributed by atoms with E-state index in [9.17, 15) is 4.79 Å². The third kappa shape index (κ3) is 9.49. The summed E-state index contributed by atoms with van der Waals surface area (Å²) in [7, 11) is 1.38. The molecule has 1 aliphatic carbocycles. The van der Waals surface area contributed by atoms with Crippen LogP contribution >= 0.6 is 22.6 Å². The first-order chi connectivity index (χ1) is 22.0. The summed E-state index contributed by atoms with van der Waals surface area (Å²) in [6, 6.07) is 12.5. The van der Waals surface area contributed by atoms with Crippen molar-refractivity contribution in [3.63, 3.8) is 0 Å². The molecule has 5 rings (SSSR count). The fourth-order valence-electron chi connectivity index (χ4n) is 5.52. The zero-order chi connectivity index (χ0) is 33.4. The Morgan fingerprint density at radius 2 is 1.39 bits per heavy atom. The Bertz CT molecular complexity index is 1610. The average molecular weight is 745 g/mol. The highest BCUT2D eigenvalue weighted by Gasteiger charge is 2.26. The zero-order valence-corrected chi connectivity index (χ0v) is 30.0. The molecule has 0 saturated heterocycles. The molecule has 2 aromatic heterocycles. The summed E-state index contributed by atoms with van der Waals surface area (Å²) in [5.41, 5.74) is 8.73. The molecule has 4 aromatic rings. The van der Waals surface area contributed by atoms with Crippen LogP contribution in [0.25, 0.3) is 22.9 Å². The van der Waals surface area contributed by atoms with Gasteiger partial charge in [-0.05, 0) is 90.5 Å². The van der Waals surface area contributed by atoms with Crippen molar-refractivity contribution >= 4 is 28.6 Å². The molecule has 3 atom stereocenters. The van der Waals surface area contributed by atoms with Gasteiger partial charge >= 0.3 is 5.97 Å². The summed E-state index contributed by atoms with van der Waals surface area (Å²) in [6.45, 7) is 12.6. The number of carbonyl (C=O) groups is 1. The van der Waals surface area contributed by atoms with E-state index in [0.29, 0.717) is 12.5 Å². The quantitative estimate of drug-likeness (QED) is 0.119. The van der Waals surface area contributed by atoms with E-state index in [-0.39, 0.29) is 18.8 Å². The summed E-state index contributed by atoms with van der Waals surface area (Å²) in [5.74, 6) is 2.03. The molecule has 1 fully saturated rings. The van der Waals surface area contributed by atoms with Crippen LogP contribution < -0.4 is 0 Å². The Morgan fingerprint density at radius 1 is 0.870 bits per heavy atom. The molecule has 1 N–H and O–H groups in total. The number of methoxy groups -OCH3 is 1. The predicted molar refractivity (Wildman–Crippen MR) is 185 cm³/mol. The second kappa shape index (κ2) is 16.7. The van der Waals surface area contributed by atoms with Crippen molar-refractivity contribution in [1.82, 2.24) is 9.97 Å². The van der Waals surface area contributed by atoms with Crippen LogP contribution in [0.2, 0.25) is 0 Å². The normalized spacial score (nSPS) is 17.0. The second-order valence-corrected chi connectivity index (χ2v) is 12.7. The van der Waals surface area contributed by atoms with E-state index in [1.54, 1.807) is 0 Å². The van der Waals surface area contributed by atoms with Crippen LogP contribution in [0, 0.1) is 41.5 Å². The summed E-state index contributed by atoms with van der Waals surface area (Å²) in [4.78, 5) is 20.2. The van der Waals surface area contributed by atoms with Crippen LogP contribution in [0.5, 0.6) is 0 Å². The smallest absolute Gasteiger partial charge is 0.335 e. The fourth-order valence-corrected chi connectivity index (χ4v) is 6.22. The van der Waals surface area contributed by atoms with Gasteiger partial charge in [0.1, 0.15) is 17.2 Å². The Hall–Kier alpha value is -3.06. The molecule has 10 heteroatoms. The monoisotopic (exact) mass is 744 g/mol. The molecule has 0 spiro atoms. The van der Waals surface area contributed by atoms with Crippen LogP contribution in [-0.2, 0) is 30.0 Å². The van der Waals surface area contributed by atoms with Gasteiger partial charge in [-0.15, -0.1) is 0 Å². The number of oxazole rings is 2. The van der Waals surface area contributed by atoms with Crippen LogP contribution in [0.4, 0.5) is 0 Å². The largest absolute Gasteiger partial charge is 0.479 e. The van der Waals surface area contributed by atoms with Gasteiger partial charge in [0, 0.05) is 22.7 Å². The topological polar surface area (TPSA) is 117 Å². The van der Waals surface area contributed by atoms with Gasteiger partial charge in [0.25, 0.3) is 0 Å². The van der Waals surface area contributed by atoms with Crippen molar-refractivity contribution in [2.24, 2.45) is 0 Å². The van der Waals surface area contributed by atoms with Crippen molar-refractivity contribution in [1.29, 1.82) is 0 Å². The van der Waals surface area contributed by atoms with Gasteiger partial charge in [-0.3, -0.25) is 0 Å². The van der Waals surface area contributed by atoms with E-state index in [4.69, 9.17) is 28.2 Å². The maximum atomic E-state index is 11.1. The molecule has 0 amide bonds. The lowest BCUT2D eigenvalue weighted by molar-refractivity contribution is -0.155. The lowest BCUT2D eigenvalue weighted by atomic mass is 9.95. The van der Waals surface area contributed by atoms with Gasteiger partial charge in [-0.25, -0.2) is 14.8 Å². The van der Waals surface area contributed by atoms with E-state index in [1.807, 2.05) is 19.9 Å². The molecule has 9 nitrogen and oxygen atoms in total. The number of hydrogen-bond donors (Lipinski definition) is 1. The van der Waals surface area contributed by atoms with Crippen molar-refractivity contribution in [3.8, 4) is 22.9 Å². The molecule has 1 aliphatic rings. The van der Waals surface area contributed by atoms with Gasteiger partial charge in [0.2, 0.25) is 11.8 Å². The van der Waals surface area contributed by atoms with Crippen molar-refractivity contribution in [2.75, 3.05) is 13.7 Å². The summed E-state index contributed by atoms with van der Waals surface area (Å²) in [5, 5.41) is 9.06. The van der Waals surface area contributed by atoms with Gasteiger partial charge in [0.15, 0.2) is 6.10 Å². The first kappa shape index (κ1) is 35.8. The van der Waals surface area contributed by atoms with Crippen molar-refractivity contribution in [3.05, 3.63) is 81.6 Å². The second-order valence-electron chi connectivity index (χ2n) is 11.9. The molecule has 2 aromatic carbocycles. The first-order valence-corrected chi connectivity index (χ1v) is 17.1. The number of carboxylic acid groups (broad SMARTS) is 1. The number of alkyl halides is 1. The Kier molecular flexibility index (Phi) is 13.0. The molecule has 0 bridgehead atoms. The Balaban J connectivity index is 0.000000252. The van der Waals surface area contributed by atoms with Gasteiger partial charge < -0.3 is 28.2 Å². The number of carboxylic acids is 1. The minimum absolute atomic E-state index is 0.0232. The SMILES string of the molecule is COC(CO[C@@H]1CCC[C@H](OCc2nc(-c3ccc(C)cc3C)oc2C)C1)C(=O)O.Cc1ccc(-c2nc(CI)c(C)o2)c(C)c1. The lowest BCUT2D eigenvalue weighted by Gasteiger charge is -2.29. The number of halogens is 1. The van der Waals surface area contributed by atoms with Crippen LogP contribution in [0.3, 0.4) is 0 Å². The molecule has 1 unspecified atom stereocenters. The molecule has 1 saturated carbocycles. The number of aliphatic carboxylic acids is 1. The van der Waals surface area contributed by atoms with E-state index < -0.39 is 12.1 Å². The highest BCUT2D eigenvalue weighted by molar-refractivity contribution is 14.1. The molecule has 0 radical (unpaired) electrons. The standard InChI is InChI=1S/C23H31NO6.C13H14INO/c1-14-8-9-19(15(2)10-14)22-24-20(16(3)30-22)12-28-17-6-5-7-18(11-17)29-13-21(27-4)23(25)26;1-8-4-5-11(9(2)6-8)13-15-12(7-14)10(3)16-13/h8-10,17-18,21H,5-7,11-13H2,1-4H3,(H,25,26);4-6H,7H2,1-3H3/t17-,18+,21?;/m0./s1. The third-order valence-corrected chi connectivity index (χ3v) is 8.94. The molecule has 46 heavy (non-hydrogen) atoms. The number of hydrogen-bond acceptors (Lipinski definition) is 8. The molecular formula is C36H45IN2O7. The fraction of sp³-hybridized carbons (Fsp3) is 0.472. The van der Waals surface area contributed by atoms with Gasteiger partial charge in [-0.2, -0.15) is 0 Å². The summed E-state index contributed by atoms with van der Waals surface area (Å²) >= 11 is 2.30. The molecule has 248 valence electrons. The maximum Gasteiger partial charge on any atom is 0.335 e. The average Bonchev–Trinajstić information content (AvgIpc) is 3.57. The first-order valence-electron chi connectivity index (χ1n) is 15.6. The van der Waals surface area contributed by atoms with Crippen molar-refractivity contribution in [2.45, 2.75) is 96.6 Å². The highest BCUT2D eigenvalue weighted by atomic mass is 127. The van der Waals surface area contributed by atoms with Crippen molar-refractivity contribution < 1.29 is 32.9 Å². The predicted octanol–water partition coefficient (Wildman–Crippen LogP) is 8.41. The summed E-state index contributed by atoms with van der Waals surface area (Å²) < 4.78 is 29.3. The van der Waals surface area contributed by atoms with E-state index in [2.05, 4.69) is 90.6 Å². The maximum absolute atomic E-state index is 11.1. The van der Waals surface area contributed by atoms with Gasteiger partial charge in [0.05, 0.1) is 31.1 Å². The van der Waals surface area contributed by atoms with Gasteiger partial charge in [-0.1, -0.05) is 58.0 Å². The molecule has 0 aliphatic heterocycles. The number of rotatable bonds is 11.